The number of ether oxygens (including phenoxy) is 1. The molecule has 9 heteroatoms. The largest absolute Gasteiger partial charge is 0.368 e. The van der Waals surface area contributed by atoms with Crippen molar-refractivity contribution in [3.05, 3.63) is 49.8 Å². The van der Waals surface area contributed by atoms with Gasteiger partial charge in [-0.05, 0) is 37.1 Å². The summed E-state index contributed by atoms with van der Waals surface area (Å²) in [5.41, 5.74) is 1.07. The van der Waals surface area contributed by atoms with Crippen molar-refractivity contribution in [2.45, 2.75) is 50.8 Å². The Bertz CT molecular complexity index is 1010. The molecule has 1 N–H and O–H groups in total. The number of aromatic nitrogens is 2. The van der Waals surface area contributed by atoms with E-state index in [1.54, 1.807) is 11.0 Å². The van der Waals surface area contributed by atoms with E-state index in [4.69, 9.17) is 9.72 Å². The topological polar surface area (TPSA) is 95.6 Å². The van der Waals surface area contributed by atoms with E-state index in [0.29, 0.717) is 42.4 Å². The second-order valence-electron chi connectivity index (χ2n) is 8.02. The molecule has 0 spiro atoms. The summed E-state index contributed by atoms with van der Waals surface area (Å²) in [5.74, 6) is 0.506. The van der Waals surface area contributed by atoms with E-state index >= 15 is 0 Å². The van der Waals surface area contributed by atoms with Crippen molar-refractivity contribution in [3.63, 3.8) is 0 Å². The standard InChI is InChI=1S/C21H24N4O4S/c26-19-13-12-24(21(28)17-6-3-11-30-17)9-7-14(13)22-18(23-19)15-4-1-8-25(15)20(27)16-5-2-10-29-16/h3,6,11,15-16H,1-2,4-5,7-10,12H2,(H,22,23,26)/t15-,16-/m0/s1. The molecule has 30 heavy (non-hydrogen) atoms. The Morgan fingerprint density at radius 1 is 1.23 bits per heavy atom. The summed E-state index contributed by atoms with van der Waals surface area (Å²) >= 11 is 1.40. The summed E-state index contributed by atoms with van der Waals surface area (Å²) < 4.78 is 5.57. The quantitative estimate of drug-likeness (QED) is 0.805. The van der Waals surface area contributed by atoms with Crippen molar-refractivity contribution in [2.75, 3.05) is 19.7 Å². The second-order valence-corrected chi connectivity index (χ2v) is 8.97. The Kier molecular flexibility index (Phi) is 5.16. The molecule has 8 nitrogen and oxygen atoms in total. The molecule has 0 aromatic carbocycles. The van der Waals surface area contributed by atoms with Gasteiger partial charge in [-0.3, -0.25) is 14.4 Å². The third-order valence-electron chi connectivity index (χ3n) is 6.16. The van der Waals surface area contributed by atoms with Crippen LogP contribution >= 0.6 is 11.3 Å². The lowest BCUT2D eigenvalue weighted by molar-refractivity contribution is -0.142. The highest BCUT2D eigenvalue weighted by Crippen LogP contribution is 2.32. The number of fused-ring (bicyclic) bond motifs is 1. The molecule has 158 valence electrons. The molecule has 5 rings (SSSR count). The third kappa shape index (κ3) is 3.45. The van der Waals surface area contributed by atoms with Gasteiger partial charge in [0.15, 0.2) is 0 Å². The first-order chi connectivity index (χ1) is 14.6. The van der Waals surface area contributed by atoms with Crippen LogP contribution in [0.5, 0.6) is 0 Å². The number of nitrogens with zero attached hydrogens (tertiary/aromatic N) is 3. The Hall–Kier alpha value is -2.52. The van der Waals surface area contributed by atoms with Gasteiger partial charge in [0.2, 0.25) is 0 Å². The molecule has 2 aromatic heterocycles. The monoisotopic (exact) mass is 428 g/mol. The fraction of sp³-hybridized carbons (Fsp3) is 0.524. The van der Waals surface area contributed by atoms with Gasteiger partial charge in [0.1, 0.15) is 11.9 Å². The zero-order chi connectivity index (χ0) is 20.7. The molecule has 2 amide bonds. The van der Waals surface area contributed by atoms with Gasteiger partial charge in [0.25, 0.3) is 17.4 Å². The van der Waals surface area contributed by atoms with E-state index in [1.165, 1.54) is 11.3 Å². The van der Waals surface area contributed by atoms with Crippen LogP contribution in [0.2, 0.25) is 0 Å². The summed E-state index contributed by atoms with van der Waals surface area (Å²) in [4.78, 5) is 50.2. The van der Waals surface area contributed by atoms with E-state index in [1.807, 2.05) is 16.3 Å². The molecular weight excluding hydrogens is 404 g/mol. The van der Waals surface area contributed by atoms with Gasteiger partial charge in [-0.25, -0.2) is 4.98 Å². The fourth-order valence-corrected chi connectivity index (χ4v) is 5.29. The first kappa shape index (κ1) is 19.4. The van der Waals surface area contributed by atoms with Gasteiger partial charge in [0.05, 0.1) is 28.7 Å². The Morgan fingerprint density at radius 3 is 2.90 bits per heavy atom. The van der Waals surface area contributed by atoms with Crippen molar-refractivity contribution in [3.8, 4) is 0 Å². The summed E-state index contributed by atoms with van der Waals surface area (Å²) in [6, 6.07) is 3.43. The van der Waals surface area contributed by atoms with Crippen LogP contribution in [-0.2, 0) is 22.5 Å². The van der Waals surface area contributed by atoms with Gasteiger partial charge in [-0.15, -0.1) is 11.3 Å². The number of hydrogen-bond acceptors (Lipinski definition) is 6. The maximum Gasteiger partial charge on any atom is 0.264 e. The fourth-order valence-electron chi connectivity index (χ4n) is 4.60. The highest BCUT2D eigenvalue weighted by atomic mass is 32.1. The van der Waals surface area contributed by atoms with Gasteiger partial charge in [-0.1, -0.05) is 6.07 Å². The van der Waals surface area contributed by atoms with Crippen molar-refractivity contribution >= 4 is 23.2 Å². The molecule has 2 fully saturated rings. The van der Waals surface area contributed by atoms with E-state index < -0.39 is 0 Å². The van der Waals surface area contributed by atoms with E-state index in [0.717, 1.165) is 31.4 Å². The van der Waals surface area contributed by atoms with Crippen LogP contribution in [0.25, 0.3) is 0 Å². The van der Waals surface area contributed by atoms with E-state index in [-0.39, 0.29) is 36.1 Å². The zero-order valence-electron chi connectivity index (χ0n) is 16.6. The molecule has 0 unspecified atom stereocenters. The minimum atomic E-state index is -0.369. The Labute approximate surface area is 177 Å². The van der Waals surface area contributed by atoms with Crippen molar-refractivity contribution in [1.82, 2.24) is 19.8 Å². The number of H-pyrrole nitrogens is 1. The maximum atomic E-state index is 12.9. The van der Waals surface area contributed by atoms with Crippen molar-refractivity contribution in [1.29, 1.82) is 0 Å². The smallest absolute Gasteiger partial charge is 0.264 e. The minimum absolute atomic E-state index is 0.00286. The number of hydrogen-bond donors (Lipinski definition) is 1. The predicted octanol–water partition coefficient (Wildman–Crippen LogP) is 1.87. The lowest BCUT2D eigenvalue weighted by Gasteiger charge is -2.29. The summed E-state index contributed by atoms with van der Waals surface area (Å²) in [6.45, 7) is 2.08. The lowest BCUT2D eigenvalue weighted by Crippen LogP contribution is -2.41. The molecule has 3 aliphatic heterocycles. The number of likely N-dealkylation sites (tertiary alicyclic amines) is 1. The summed E-state index contributed by atoms with van der Waals surface area (Å²) in [6.07, 6.45) is 3.49. The molecule has 2 atom stereocenters. The van der Waals surface area contributed by atoms with Crippen molar-refractivity contribution in [2.24, 2.45) is 0 Å². The Balaban J connectivity index is 1.37. The average Bonchev–Trinajstić information content (AvgIpc) is 3.54. The number of thiophene rings is 1. The predicted molar refractivity (Wildman–Crippen MR) is 110 cm³/mol. The SMILES string of the molecule is O=C(c1cccs1)N1CCc2nc([C@@H]3CCCN3C(=O)[C@@H]3CCCO3)[nH]c(=O)c2C1. The van der Waals surface area contributed by atoms with Crippen LogP contribution in [0.4, 0.5) is 0 Å². The van der Waals surface area contributed by atoms with Crippen LogP contribution < -0.4 is 5.56 Å². The average molecular weight is 429 g/mol. The molecule has 5 heterocycles. The molecule has 0 radical (unpaired) electrons. The van der Waals surface area contributed by atoms with Crippen molar-refractivity contribution < 1.29 is 14.3 Å². The highest BCUT2D eigenvalue weighted by molar-refractivity contribution is 7.12. The normalized spacial score (nSPS) is 23.6. The molecule has 2 aromatic rings. The van der Waals surface area contributed by atoms with Gasteiger partial charge < -0.3 is 19.5 Å². The molecule has 2 saturated heterocycles. The minimum Gasteiger partial charge on any atom is -0.368 e. The van der Waals surface area contributed by atoms with E-state index in [2.05, 4.69) is 4.98 Å². The molecule has 0 saturated carbocycles. The van der Waals surface area contributed by atoms with Crippen LogP contribution in [0.1, 0.15) is 58.5 Å². The zero-order valence-corrected chi connectivity index (χ0v) is 17.5. The summed E-state index contributed by atoms with van der Waals surface area (Å²) in [5, 5.41) is 1.87. The number of rotatable bonds is 3. The molecular formula is C21H24N4O4S. The van der Waals surface area contributed by atoms with E-state index in [9.17, 15) is 14.4 Å². The summed E-state index contributed by atoms with van der Waals surface area (Å²) in [7, 11) is 0. The van der Waals surface area contributed by atoms with Crippen LogP contribution in [0, 0.1) is 0 Å². The Morgan fingerprint density at radius 2 is 2.13 bits per heavy atom. The first-order valence-electron chi connectivity index (χ1n) is 10.5. The number of aromatic amines is 1. The van der Waals surface area contributed by atoms with Gasteiger partial charge in [0, 0.05) is 26.1 Å². The van der Waals surface area contributed by atoms with Crippen LogP contribution in [0.3, 0.4) is 0 Å². The lowest BCUT2D eigenvalue weighted by atomic mass is 10.1. The molecule has 0 bridgehead atoms. The third-order valence-corrected chi connectivity index (χ3v) is 7.02. The number of amides is 2. The number of nitrogens with one attached hydrogen (secondary N) is 1. The number of carbonyl (C=O) groups is 2. The molecule has 0 aliphatic carbocycles. The van der Waals surface area contributed by atoms with Gasteiger partial charge >= 0.3 is 0 Å². The maximum absolute atomic E-state index is 12.9. The van der Waals surface area contributed by atoms with Crippen LogP contribution in [0.15, 0.2) is 22.3 Å². The molecule has 3 aliphatic rings. The second kappa shape index (κ2) is 7.96. The highest BCUT2D eigenvalue weighted by Gasteiger charge is 2.37. The number of carbonyl (C=O) groups excluding carboxylic acids is 2. The van der Waals surface area contributed by atoms with Gasteiger partial charge in [-0.2, -0.15) is 0 Å². The first-order valence-corrected chi connectivity index (χ1v) is 11.4. The van der Waals surface area contributed by atoms with Crippen LogP contribution in [-0.4, -0.2) is 57.4 Å².